The lowest BCUT2D eigenvalue weighted by atomic mass is 9.79. The number of methoxy groups -OCH3 is 2. The number of esters is 2. The highest BCUT2D eigenvalue weighted by molar-refractivity contribution is 5.92. The Morgan fingerprint density at radius 2 is 0.944 bits per heavy atom. The van der Waals surface area contributed by atoms with Crippen LogP contribution in [0.15, 0.2) is 48.5 Å². The van der Waals surface area contributed by atoms with E-state index in [0.29, 0.717) is 22.3 Å². The Bertz CT molecular complexity index is 1150. The van der Waals surface area contributed by atoms with E-state index in [1.807, 2.05) is 0 Å². The first-order valence-corrected chi connectivity index (χ1v) is 11.1. The molecule has 6 rings (SSSR count). The van der Waals surface area contributed by atoms with Crippen LogP contribution in [0.1, 0.15) is 31.8 Å². The smallest absolute Gasteiger partial charge is 0.337 e. The first kappa shape index (κ1) is 22.3. The second-order valence-corrected chi connectivity index (χ2v) is 8.68. The standard InChI is InChI=1S/C24H22N4O8/c1-33-19(29)15-3-7-17(8-4-15)23-24(18-9-5-16(6-10-18)20(30)34-2)27-13-36-14-28(24)22(32)26(23)12-35-11-25(23)21(27)31/h3-10H,11-14H2,1-2H3. The highest BCUT2D eigenvalue weighted by atomic mass is 16.5. The van der Waals surface area contributed by atoms with Crippen molar-refractivity contribution in [1.29, 1.82) is 0 Å². The van der Waals surface area contributed by atoms with E-state index >= 15 is 0 Å². The molecule has 0 N–H and O–H groups in total. The van der Waals surface area contributed by atoms with Crippen LogP contribution >= 0.6 is 0 Å². The minimum Gasteiger partial charge on any atom is -0.465 e. The van der Waals surface area contributed by atoms with Gasteiger partial charge in [0.2, 0.25) is 0 Å². The molecule has 4 aliphatic heterocycles. The molecule has 36 heavy (non-hydrogen) atoms. The summed E-state index contributed by atoms with van der Waals surface area (Å²) < 4.78 is 21.0. The van der Waals surface area contributed by atoms with Crippen molar-refractivity contribution >= 4 is 24.0 Å². The molecule has 0 aromatic heterocycles. The third kappa shape index (κ3) is 2.44. The number of carbonyl (C=O) groups excluding carboxylic acids is 4. The van der Waals surface area contributed by atoms with Crippen LogP contribution < -0.4 is 0 Å². The van der Waals surface area contributed by atoms with Crippen molar-refractivity contribution in [2.45, 2.75) is 11.3 Å². The van der Waals surface area contributed by atoms with Gasteiger partial charge >= 0.3 is 24.0 Å². The number of rotatable bonds is 4. The molecule has 0 bridgehead atoms. The van der Waals surface area contributed by atoms with Gasteiger partial charge in [0, 0.05) is 11.1 Å². The maximum atomic E-state index is 13.8. The lowest BCUT2D eigenvalue weighted by Gasteiger charge is -2.52. The minimum atomic E-state index is -1.34. The number of benzene rings is 2. The summed E-state index contributed by atoms with van der Waals surface area (Å²) in [5.74, 6) is -1.01. The van der Waals surface area contributed by atoms with Crippen LogP contribution in [0.3, 0.4) is 0 Å². The lowest BCUT2D eigenvalue weighted by molar-refractivity contribution is -0.210. The number of urea groups is 2. The average molecular weight is 494 g/mol. The number of amides is 4. The summed E-state index contributed by atoms with van der Waals surface area (Å²) in [6.07, 6.45) is 0. The fourth-order valence-electron chi connectivity index (χ4n) is 5.87. The summed E-state index contributed by atoms with van der Waals surface area (Å²) in [5, 5.41) is 0. The van der Waals surface area contributed by atoms with Crippen LogP contribution in [0.25, 0.3) is 0 Å². The third-order valence-electron chi connectivity index (χ3n) is 7.27. The van der Waals surface area contributed by atoms with Crippen molar-refractivity contribution in [3.8, 4) is 0 Å². The zero-order chi connectivity index (χ0) is 25.2. The van der Waals surface area contributed by atoms with Crippen LogP contribution in [0.5, 0.6) is 0 Å². The molecular formula is C24H22N4O8. The van der Waals surface area contributed by atoms with Crippen molar-refractivity contribution < 1.29 is 38.1 Å². The maximum absolute atomic E-state index is 13.8. The van der Waals surface area contributed by atoms with E-state index in [4.69, 9.17) is 18.9 Å². The molecule has 2 aromatic rings. The lowest BCUT2D eigenvalue weighted by Crippen LogP contribution is -2.67. The Hall–Kier alpha value is -4.16. The molecule has 0 unspecified atom stereocenters. The van der Waals surface area contributed by atoms with Gasteiger partial charge in [0.1, 0.15) is 26.9 Å². The van der Waals surface area contributed by atoms with E-state index in [0.717, 1.165) is 0 Å². The Morgan fingerprint density at radius 1 is 0.639 bits per heavy atom. The molecule has 0 saturated carbocycles. The molecule has 0 aliphatic carbocycles. The highest BCUT2D eigenvalue weighted by Gasteiger charge is 2.82. The molecule has 4 amide bonds. The van der Waals surface area contributed by atoms with Gasteiger partial charge in [-0.05, 0) is 24.3 Å². The second kappa shape index (κ2) is 7.67. The van der Waals surface area contributed by atoms with E-state index < -0.39 is 23.3 Å². The number of ether oxygens (including phenoxy) is 4. The predicted molar refractivity (Wildman–Crippen MR) is 119 cm³/mol. The van der Waals surface area contributed by atoms with E-state index in [1.165, 1.54) is 33.8 Å². The summed E-state index contributed by atoms with van der Waals surface area (Å²) in [6.45, 7) is -0.247. The zero-order valence-corrected chi connectivity index (χ0v) is 19.5. The molecule has 2 aromatic carbocycles. The largest absolute Gasteiger partial charge is 0.465 e. The summed E-state index contributed by atoms with van der Waals surface area (Å²) in [7, 11) is 2.59. The van der Waals surface area contributed by atoms with Crippen LogP contribution in [-0.4, -0.2) is 84.7 Å². The summed E-state index contributed by atoms with van der Waals surface area (Å²) in [6, 6.07) is 12.5. The van der Waals surface area contributed by atoms with Crippen molar-refractivity contribution in [2.24, 2.45) is 0 Å². The predicted octanol–water partition coefficient (Wildman–Crippen LogP) is 1.63. The molecule has 186 valence electrons. The van der Waals surface area contributed by atoms with Crippen molar-refractivity contribution in [1.82, 2.24) is 19.6 Å². The van der Waals surface area contributed by atoms with Gasteiger partial charge in [-0.15, -0.1) is 0 Å². The molecule has 0 atom stereocenters. The van der Waals surface area contributed by atoms with E-state index in [2.05, 4.69) is 0 Å². The quantitative estimate of drug-likeness (QED) is 0.589. The topological polar surface area (TPSA) is 118 Å². The molecular weight excluding hydrogens is 472 g/mol. The number of nitrogens with zero attached hydrogens (tertiary/aromatic N) is 4. The fraction of sp³-hybridized carbons (Fsp3) is 0.333. The van der Waals surface area contributed by atoms with E-state index in [1.54, 1.807) is 48.5 Å². The van der Waals surface area contributed by atoms with Crippen LogP contribution in [0.2, 0.25) is 0 Å². The average Bonchev–Trinajstić information content (AvgIpc) is 3.32. The Balaban J connectivity index is 1.63. The Labute approximate surface area is 205 Å². The van der Waals surface area contributed by atoms with Crippen LogP contribution in [0, 0.1) is 0 Å². The maximum Gasteiger partial charge on any atom is 0.337 e. The zero-order valence-electron chi connectivity index (χ0n) is 19.5. The molecule has 4 heterocycles. The van der Waals surface area contributed by atoms with Gasteiger partial charge < -0.3 is 18.9 Å². The van der Waals surface area contributed by atoms with E-state index in [-0.39, 0.29) is 39.0 Å². The number of hydrogen-bond acceptors (Lipinski definition) is 8. The number of hydrogen-bond donors (Lipinski definition) is 0. The first-order valence-electron chi connectivity index (χ1n) is 11.1. The van der Waals surface area contributed by atoms with Gasteiger partial charge in [0.05, 0.1) is 25.3 Å². The van der Waals surface area contributed by atoms with Gasteiger partial charge in [0.15, 0.2) is 11.3 Å². The molecule has 4 aliphatic rings. The highest BCUT2D eigenvalue weighted by Crippen LogP contribution is 2.63. The van der Waals surface area contributed by atoms with Crippen molar-refractivity contribution in [3.05, 3.63) is 70.8 Å². The van der Waals surface area contributed by atoms with Gasteiger partial charge in [-0.25, -0.2) is 19.2 Å². The van der Waals surface area contributed by atoms with Crippen molar-refractivity contribution in [2.75, 3.05) is 41.1 Å². The number of carbonyl (C=O) groups is 4. The molecule has 4 fully saturated rings. The molecule has 4 saturated heterocycles. The van der Waals surface area contributed by atoms with E-state index in [9.17, 15) is 19.2 Å². The molecule has 0 radical (unpaired) electrons. The summed E-state index contributed by atoms with van der Waals surface area (Å²) >= 11 is 0. The summed E-state index contributed by atoms with van der Waals surface area (Å²) in [4.78, 5) is 57.8. The fourth-order valence-corrected chi connectivity index (χ4v) is 5.87. The normalized spacial score (nSPS) is 26.3. The van der Waals surface area contributed by atoms with Gasteiger partial charge in [-0.3, -0.25) is 19.6 Å². The Morgan fingerprint density at radius 3 is 1.22 bits per heavy atom. The molecule has 12 nitrogen and oxygen atoms in total. The Kier molecular flexibility index (Phi) is 4.75. The monoisotopic (exact) mass is 494 g/mol. The van der Waals surface area contributed by atoms with Gasteiger partial charge in [-0.1, -0.05) is 24.3 Å². The summed E-state index contributed by atoms with van der Waals surface area (Å²) in [5.41, 5.74) is -0.826. The minimum absolute atomic E-state index is 0.0618. The van der Waals surface area contributed by atoms with Crippen LogP contribution in [-0.2, 0) is 30.3 Å². The van der Waals surface area contributed by atoms with Gasteiger partial charge in [-0.2, -0.15) is 0 Å². The van der Waals surface area contributed by atoms with Gasteiger partial charge in [0.25, 0.3) is 0 Å². The molecule has 0 spiro atoms. The third-order valence-corrected chi connectivity index (χ3v) is 7.27. The first-order chi connectivity index (χ1) is 17.4. The SMILES string of the molecule is COC(=O)c1ccc(C23N4COCN2C(=O)N2COCN(C4=O)C23c2ccc(C(=O)OC)cc2)cc1. The molecule has 12 heteroatoms. The van der Waals surface area contributed by atoms with Crippen LogP contribution in [0.4, 0.5) is 9.59 Å². The second-order valence-electron chi connectivity index (χ2n) is 8.68. The van der Waals surface area contributed by atoms with Crippen molar-refractivity contribution in [3.63, 3.8) is 0 Å².